The molecule has 0 amide bonds. The van der Waals surface area contributed by atoms with Crippen molar-refractivity contribution in [3.8, 4) is 0 Å². The summed E-state index contributed by atoms with van der Waals surface area (Å²) in [5.41, 5.74) is 8.23. The number of rotatable bonds is 6. The minimum absolute atomic E-state index is 0.0236. The lowest BCUT2D eigenvalue weighted by Gasteiger charge is -2.22. The Hall–Kier alpha value is -3.45. The number of nitrogens with one attached hydrogen (secondary N) is 2. The smallest absolute Gasteiger partial charge is 0.172 e. The van der Waals surface area contributed by atoms with Gasteiger partial charge < -0.3 is 16.4 Å². The molecule has 8 heteroatoms. The fourth-order valence-corrected chi connectivity index (χ4v) is 5.30. The van der Waals surface area contributed by atoms with Crippen LogP contribution in [-0.2, 0) is 0 Å². The van der Waals surface area contributed by atoms with Gasteiger partial charge in [0.1, 0.15) is 23.1 Å². The summed E-state index contributed by atoms with van der Waals surface area (Å²) in [5.74, 6) is -2.60. The van der Waals surface area contributed by atoms with E-state index in [-0.39, 0.29) is 34.6 Å². The molecule has 2 aliphatic rings. The van der Waals surface area contributed by atoms with Crippen LogP contribution in [0.4, 0.5) is 34.6 Å². The Morgan fingerprint density at radius 1 is 0.943 bits per heavy atom. The number of hydrogen-bond donors (Lipinski definition) is 3. The SMILES string of the molecule is C=C(Nc1ccc(F)c(N)c1F)c1cc(NC2=CC3(Cl)C2C3c2ccc(F)c(C)c2)cc(C)c1F. The van der Waals surface area contributed by atoms with Crippen molar-refractivity contribution in [2.45, 2.75) is 24.6 Å². The predicted octanol–water partition coefficient (Wildman–Crippen LogP) is 7.23. The molecule has 0 radical (unpaired) electrons. The molecule has 5 rings (SSSR count). The number of nitrogen functional groups attached to an aromatic ring is 1. The van der Waals surface area contributed by atoms with Crippen LogP contribution < -0.4 is 16.4 Å². The average Bonchev–Trinajstić information content (AvgIpc) is 3.31. The molecule has 3 aromatic carbocycles. The summed E-state index contributed by atoms with van der Waals surface area (Å²) in [6.07, 6.45) is 1.92. The number of aryl methyl sites for hydroxylation is 2. The Morgan fingerprint density at radius 3 is 2.37 bits per heavy atom. The van der Waals surface area contributed by atoms with Gasteiger partial charge in [0, 0.05) is 34.5 Å². The third-order valence-electron chi connectivity index (χ3n) is 6.71. The van der Waals surface area contributed by atoms with Gasteiger partial charge in [0.05, 0.1) is 10.6 Å². The van der Waals surface area contributed by atoms with Crippen molar-refractivity contribution < 1.29 is 17.6 Å². The number of anilines is 3. The number of halogens is 5. The molecule has 3 unspecified atom stereocenters. The Morgan fingerprint density at radius 2 is 1.66 bits per heavy atom. The summed E-state index contributed by atoms with van der Waals surface area (Å²) in [7, 11) is 0. The molecule has 1 fully saturated rings. The fraction of sp³-hybridized carbons (Fsp3) is 0.185. The van der Waals surface area contributed by atoms with Crippen LogP contribution in [0.2, 0.25) is 0 Å². The van der Waals surface area contributed by atoms with E-state index in [1.165, 1.54) is 12.1 Å². The number of nitrogens with two attached hydrogens (primary N) is 1. The van der Waals surface area contributed by atoms with Crippen molar-refractivity contribution in [2.75, 3.05) is 16.4 Å². The van der Waals surface area contributed by atoms with Crippen LogP contribution in [0.15, 0.2) is 60.8 Å². The second-order valence-corrected chi connectivity index (χ2v) is 9.75. The number of benzene rings is 3. The van der Waals surface area contributed by atoms with Gasteiger partial charge in [0.2, 0.25) is 0 Å². The molecule has 0 aliphatic heterocycles. The van der Waals surface area contributed by atoms with Crippen molar-refractivity contribution in [3.63, 3.8) is 0 Å². The molecule has 2 aliphatic carbocycles. The lowest BCUT2D eigenvalue weighted by molar-refractivity contribution is 0.594. The van der Waals surface area contributed by atoms with Crippen LogP contribution in [0.5, 0.6) is 0 Å². The van der Waals surface area contributed by atoms with Crippen LogP contribution in [0.1, 0.15) is 28.2 Å². The summed E-state index contributed by atoms with van der Waals surface area (Å²) in [6, 6.07) is 10.4. The lowest BCUT2D eigenvalue weighted by atomic mass is 10.0. The molecule has 3 nitrogen and oxygen atoms in total. The second-order valence-electron chi connectivity index (χ2n) is 9.10. The maximum atomic E-state index is 14.9. The van der Waals surface area contributed by atoms with Crippen molar-refractivity contribution in [2.24, 2.45) is 5.92 Å². The molecule has 0 heterocycles. The summed E-state index contributed by atoms with van der Waals surface area (Å²) in [4.78, 5) is -0.518. The third kappa shape index (κ3) is 3.74. The van der Waals surface area contributed by atoms with Gasteiger partial charge in [-0.15, -0.1) is 11.6 Å². The van der Waals surface area contributed by atoms with Crippen LogP contribution in [0.25, 0.3) is 5.70 Å². The molecule has 4 N–H and O–H groups in total. The Kier molecular flexibility index (Phi) is 5.36. The van der Waals surface area contributed by atoms with Gasteiger partial charge >= 0.3 is 0 Å². The molecule has 3 aromatic rings. The van der Waals surface area contributed by atoms with Gasteiger partial charge in [0.25, 0.3) is 0 Å². The highest BCUT2D eigenvalue weighted by Gasteiger charge is 2.70. The van der Waals surface area contributed by atoms with E-state index in [2.05, 4.69) is 17.2 Å². The highest BCUT2D eigenvalue weighted by Crippen LogP contribution is 2.72. The summed E-state index contributed by atoms with van der Waals surface area (Å²) in [6.45, 7) is 7.15. The molecular formula is C27H22ClF4N3. The van der Waals surface area contributed by atoms with Gasteiger partial charge in [-0.2, -0.15) is 0 Å². The lowest BCUT2D eigenvalue weighted by Crippen LogP contribution is -2.18. The molecule has 180 valence electrons. The predicted molar refractivity (Wildman–Crippen MR) is 132 cm³/mol. The molecule has 3 atom stereocenters. The molecular weight excluding hydrogens is 478 g/mol. The molecule has 35 heavy (non-hydrogen) atoms. The largest absolute Gasteiger partial charge is 0.394 e. The van der Waals surface area contributed by atoms with Crippen LogP contribution in [0.3, 0.4) is 0 Å². The number of hydrogen-bond acceptors (Lipinski definition) is 3. The monoisotopic (exact) mass is 499 g/mol. The van der Waals surface area contributed by atoms with E-state index in [1.54, 1.807) is 32.0 Å². The summed E-state index contributed by atoms with van der Waals surface area (Å²) >= 11 is 6.73. The first kappa shape index (κ1) is 23.3. The topological polar surface area (TPSA) is 50.1 Å². The zero-order chi connectivity index (χ0) is 25.2. The minimum Gasteiger partial charge on any atom is -0.394 e. The van der Waals surface area contributed by atoms with E-state index < -0.39 is 28.0 Å². The zero-order valence-corrected chi connectivity index (χ0v) is 19.7. The molecule has 0 spiro atoms. The summed E-state index contributed by atoms with van der Waals surface area (Å²) < 4.78 is 56.4. The van der Waals surface area contributed by atoms with E-state index in [0.717, 1.165) is 17.3 Å². The fourth-order valence-electron chi connectivity index (χ4n) is 4.75. The Balaban J connectivity index is 1.36. The molecule has 0 bridgehead atoms. The van der Waals surface area contributed by atoms with Gasteiger partial charge in [0.15, 0.2) is 5.82 Å². The Bertz CT molecular complexity index is 1430. The second kappa shape index (κ2) is 8.05. The molecule has 0 aromatic heterocycles. The third-order valence-corrected chi connectivity index (χ3v) is 7.29. The highest BCUT2D eigenvalue weighted by atomic mass is 35.5. The first-order chi connectivity index (χ1) is 16.5. The van der Waals surface area contributed by atoms with Gasteiger partial charge in [-0.25, -0.2) is 17.6 Å². The minimum atomic E-state index is -0.980. The first-order valence-electron chi connectivity index (χ1n) is 11.0. The standard InChI is InChI=1S/C27H22ClF4N3/c1-12-8-15(4-5-18(12)29)22-23-21(11-27(22,23)28)35-16-9-13(2)24(31)17(10-16)14(3)34-20-7-6-19(30)26(33)25(20)32/h4-11,22-23,34-35H,3,33H2,1-2H3. The molecule has 0 saturated heterocycles. The van der Waals surface area contributed by atoms with Crippen molar-refractivity contribution in [1.29, 1.82) is 0 Å². The van der Waals surface area contributed by atoms with E-state index in [4.69, 9.17) is 17.3 Å². The number of fused-ring (bicyclic) bond motifs is 1. The highest BCUT2D eigenvalue weighted by molar-refractivity contribution is 6.30. The number of allylic oxidation sites excluding steroid dienone is 2. The maximum Gasteiger partial charge on any atom is 0.172 e. The van der Waals surface area contributed by atoms with Crippen molar-refractivity contribution in [1.82, 2.24) is 0 Å². The molecule has 1 saturated carbocycles. The summed E-state index contributed by atoms with van der Waals surface area (Å²) in [5, 5.41) is 5.98. The van der Waals surface area contributed by atoms with Crippen LogP contribution in [-0.4, -0.2) is 4.87 Å². The quantitative estimate of drug-likeness (QED) is 0.190. The van der Waals surface area contributed by atoms with E-state index in [1.807, 2.05) is 12.1 Å². The van der Waals surface area contributed by atoms with E-state index in [9.17, 15) is 17.6 Å². The maximum absolute atomic E-state index is 14.9. The van der Waals surface area contributed by atoms with E-state index >= 15 is 0 Å². The van der Waals surface area contributed by atoms with Crippen molar-refractivity contribution >= 4 is 34.4 Å². The zero-order valence-electron chi connectivity index (χ0n) is 18.9. The first-order valence-corrected chi connectivity index (χ1v) is 11.3. The van der Waals surface area contributed by atoms with Gasteiger partial charge in [-0.05, 0) is 66.9 Å². The van der Waals surface area contributed by atoms with Gasteiger partial charge in [-0.1, -0.05) is 18.7 Å². The Labute approximate surface area is 205 Å². The van der Waals surface area contributed by atoms with E-state index in [0.29, 0.717) is 16.8 Å². The average molecular weight is 500 g/mol. The number of alkyl halides is 1. The van der Waals surface area contributed by atoms with Crippen LogP contribution >= 0.6 is 11.6 Å². The van der Waals surface area contributed by atoms with Gasteiger partial charge in [-0.3, -0.25) is 0 Å². The normalized spacial score (nSPS) is 22.1. The van der Waals surface area contributed by atoms with Crippen molar-refractivity contribution in [3.05, 3.63) is 106 Å². The van der Waals surface area contributed by atoms with Crippen LogP contribution in [0, 0.1) is 43.0 Å².